The molecule has 0 heterocycles. The van der Waals surface area contributed by atoms with Gasteiger partial charge in [-0.05, 0) is 30.2 Å². The van der Waals surface area contributed by atoms with Crippen molar-refractivity contribution in [2.75, 3.05) is 0 Å². The van der Waals surface area contributed by atoms with Crippen LogP contribution < -0.4 is 4.74 Å². The second-order valence-corrected chi connectivity index (χ2v) is 3.36. The predicted molar refractivity (Wildman–Crippen MR) is 54.5 cm³/mol. The maximum absolute atomic E-state index is 12.0. The van der Waals surface area contributed by atoms with E-state index in [0.717, 1.165) is 6.07 Å². The van der Waals surface area contributed by atoms with Crippen molar-refractivity contribution in [1.82, 2.24) is 0 Å². The quantitative estimate of drug-likeness (QED) is 0.805. The van der Waals surface area contributed by atoms with Gasteiger partial charge in [0, 0.05) is 5.56 Å². The van der Waals surface area contributed by atoms with Gasteiger partial charge in [-0.15, -0.1) is 0 Å². The van der Waals surface area contributed by atoms with E-state index in [2.05, 4.69) is 4.74 Å². The Hall–Kier alpha value is -1.98. The fourth-order valence-electron chi connectivity index (χ4n) is 1.41. The van der Waals surface area contributed by atoms with E-state index in [1.165, 1.54) is 6.07 Å². The van der Waals surface area contributed by atoms with Gasteiger partial charge in [-0.2, -0.15) is 8.78 Å². The molecule has 0 aliphatic rings. The predicted octanol–water partition coefficient (Wildman–Crippen LogP) is 2.04. The zero-order chi connectivity index (χ0) is 13.0. The molecule has 4 nitrogen and oxygen atoms in total. The number of ether oxygens (including phenoxy) is 1. The van der Waals surface area contributed by atoms with Crippen LogP contribution >= 0.6 is 0 Å². The van der Waals surface area contributed by atoms with Crippen molar-refractivity contribution < 1.29 is 28.2 Å². The van der Waals surface area contributed by atoms with Gasteiger partial charge in [-0.1, -0.05) is 0 Å². The number of hydrogen-bond acceptors (Lipinski definition) is 3. The summed E-state index contributed by atoms with van der Waals surface area (Å²) >= 11 is 0. The molecule has 0 radical (unpaired) electrons. The lowest BCUT2D eigenvalue weighted by molar-refractivity contribution is -0.136. The van der Waals surface area contributed by atoms with Crippen molar-refractivity contribution in [3.05, 3.63) is 28.8 Å². The normalized spacial score (nSPS) is 10.4. The molecule has 1 aromatic rings. The summed E-state index contributed by atoms with van der Waals surface area (Å²) in [6.45, 7) is -1.47. The number of hydrogen-bond donors (Lipinski definition) is 1. The molecule has 0 saturated heterocycles. The maximum Gasteiger partial charge on any atom is 0.387 e. The lowest BCUT2D eigenvalue weighted by Gasteiger charge is -2.10. The number of carboxylic acids is 1. The highest BCUT2D eigenvalue weighted by Crippen LogP contribution is 2.23. The number of carbonyl (C=O) groups is 2. The summed E-state index contributed by atoms with van der Waals surface area (Å²) in [4.78, 5) is 21.3. The van der Waals surface area contributed by atoms with Gasteiger partial charge in [-0.25, -0.2) is 0 Å². The second-order valence-electron chi connectivity index (χ2n) is 3.36. The lowest BCUT2D eigenvalue weighted by atomic mass is 10.0. The van der Waals surface area contributed by atoms with Gasteiger partial charge in [0.1, 0.15) is 12.0 Å². The van der Waals surface area contributed by atoms with Gasteiger partial charge < -0.3 is 9.84 Å². The summed E-state index contributed by atoms with van der Waals surface area (Å²) in [5.74, 6) is -1.33. The van der Waals surface area contributed by atoms with Crippen molar-refractivity contribution in [1.29, 1.82) is 0 Å². The molecule has 17 heavy (non-hydrogen) atoms. The Morgan fingerprint density at radius 3 is 2.65 bits per heavy atom. The van der Waals surface area contributed by atoms with Gasteiger partial charge in [0.15, 0.2) is 0 Å². The molecule has 0 bridgehead atoms. The molecule has 92 valence electrons. The second kappa shape index (κ2) is 5.38. The van der Waals surface area contributed by atoms with Crippen LogP contribution in [0.3, 0.4) is 0 Å². The average molecular weight is 244 g/mol. The van der Waals surface area contributed by atoms with Gasteiger partial charge in [0.05, 0.1) is 6.42 Å². The Balaban J connectivity index is 3.17. The molecular formula is C11H10F2O4. The standard InChI is InChI=1S/C11H10F2O4/c1-6-7(4-10(15)16)2-9(17-11(12)13)3-8(6)5-14/h2-3,5,11H,4H2,1H3,(H,15,16). The first-order valence-electron chi connectivity index (χ1n) is 4.69. The van der Waals surface area contributed by atoms with Crippen molar-refractivity contribution in [3.8, 4) is 5.75 Å². The highest BCUT2D eigenvalue weighted by atomic mass is 19.3. The van der Waals surface area contributed by atoms with E-state index < -0.39 is 12.6 Å². The van der Waals surface area contributed by atoms with Crippen molar-refractivity contribution in [2.45, 2.75) is 20.0 Å². The summed E-state index contributed by atoms with van der Waals surface area (Å²) in [5.41, 5.74) is 0.862. The van der Waals surface area contributed by atoms with E-state index in [-0.39, 0.29) is 23.3 Å². The van der Waals surface area contributed by atoms with E-state index in [0.29, 0.717) is 11.8 Å². The van der Waals surface area contributed by atoms with Crippen LogP contribution in [0.5, 0.6) is 5.75 Å². The Kier molecular flexibility index (Phi) is 4.14. The van der Waals surface area contributed by atoms with Crippen LogP contribution in [0, 0.1) is 6.92 Å². The van der Waals surface area contributed by atoms with E-state index in [1.54, 1.807) is 6.92 Å². The van der Waals surface area contributed by atoms with Crippen molar-refractivity contribution in [3.63, 3.8) is 0 Å². The average Bonchev–Trinajstić information content (AvgIpc) is 2.21. The molecule has 1 aromatic carbocycles. The summed E-state index contributed by atoms with van der Waals surface area (Å²) < 4.78 is 28.2. The summed E-state index contributed by atoms with van der Waals surface area (Å²) in [5, 5.41) is 8.65. The maximum atomic E-state index is 12.0. The van der Waals surface area contributed by atoms with E-state index >= 15 is 0 Å². The molecule has 0 aliphatic carbocycles. The zero-order valence-electron chi connectivity index (χ0n) is 8.94. The molecule has 0 fully saturated rings. The Labute approximate surface area is 95.8 Å². The minimum absolute atomic E-state index is 0.138. The van der Waals surface area contributed by atoms with Crippen molar-refractivity contribution in [2.24, 2.45) is 0 Å². The first-order chi connectivity index (χ1) is 7.93. The minimum Gasteiger partial charge on any atom is -0.481 e. The van der Waals surface area contributed by atoms with E-state index in [4.69, 9.17) is 5.11 Å². The smallest absolute Gasteiger partial charge is 0.387 e. The van der Waals surface area contributed by atoms with Crippen LogP contribution in [0.15, 0.2) is 12.1 Å². The number of aliphatic carboxylic acids is 1. The number of halogens is 2. The van der Waals surface area contributed by atoms with Gasteiger partial charge in [-0.3, -0.25) is 9.59 Å². The monoisotopic (exact) mass is 244 g/mol. The molecule has 1 rings (SSSR count). The third-order valence-electron chi connectivity index (χ3n) is 2.22. The first kappa shape index (κ1) is 13.1. The summed E-state index contributed by atoms with van der Waals surface area (Å²) in [6, 6.07) is 2.35. The molecule has 0 saturated carbocycles. The number of alkyl halides is 2. The molecule has 0 aromatic heterocycles. The highest BCUT2D eigenvalue weighted by molar-refractivity contribution is 5.80. The highest BCUT2D eigenvalue weighted by Gasteiger charge is 2.13. The molecule has 0 unspecified atom stereocenters. The van der Waals surface area contributed by atoms with Crippen LogP contribution in [-0.2, 0) is 11.2 Å². The Bertz CT molecular complexity index is 443. The molecule has 0 spiro atoms. The third kappa shape index (κ3) is 3.51. The van der Waals surface area contributed by atoms with Crippen LogP contribution in [0.25, 0.3) is 0 Å². The largest absolute Gasteiger partial charge is 0.481 e. The molecule has 1 N–H and O–H groups in total. The molecule has 0 aliphatic heterocycles. The van der Waals surface area contributed by atoms with Gasteiger partial charge in [0.2, 0.25) is 0 Å². The van der Waals surface area contributed by atoms with Crippen LogP contribution in [0.1, 0.15) is 21.5 Å². The lowest BCUT2D eigenvalue weighted by Crippen LogP contribution is -2.07. The number of rotatable bonds is 5. The fraction of sp³-hybridized carbons (Fsp3) is 0.273. The molecule has 6 heteroatoms. The molecular weight excluding hydrogens is 234 g/mol. The third-order valence-corrected chi connectivity index (χ3v) is 2.22. The summed E-state index contributed by atoms with van der Waals surface area (Å²) in [7, 11) is 0. The fourth-order valence-corrected chi connectivity index (χ4v) is 1.41. The minimum atomic E-state index is -3.02. The van der Waals surface area contributed by atoms with Gasteiger partial charge in [0.25, 0.3) is 0 Å². The molecule has 0 atom stereocenters. The van der Waals surface area contributed by atoms with Crippen molar-refractivity contribution >= 4 is 12.3 Å². The first-order valence-corrected chi connectivity index (χ1v) is 4.69. The topological polar surface area (TPSA) is 63.6 Å². The SMILES string of the molecule is Cc1c(C=O)cc(OC(F)F)cc1CC(=O)O. The number of carboxylic acid groups (broad SMARTS) is 1. The van der Waals surface area contributed by atoms with E-state index in [9.17, 15) is 18.4 Å². The van der Waals surface area contributed by atoms with Crippen LogP contribution in [-0.4, -0.2) is 24.0 Å². The Morgan fingerprint density at radius 2 is 2.18 bits per heavy atom. The Morgan fingerprint density at radius 1 is 1.53 bits per heavy atom. The summed E-state index contributed by atoms with van der Waals surface area (Å²) in [6.07, 6.45) is 0.117. The van der Waals surface area contributed by atoms with E-state index in [1.807, 2.05) is 0 Å². The zero-order valence-corrected chi connectivity index (χ0v) is 8.94. The number of carbonyl (C=O) groups excluding carboxylic acids is 1. The number of benzene rings is 1. The van der Waals surface area contributed by atoms with Gasteiger partial charge >= 0.3 is 12.6 Å². The number of aldehydes is 1. The van der Waals surface area contributed by atoms with Crippen LogP contribution in [0.4, 0.5) is 8.78 Å². The van der Waals surface area contributed by atoms with Crippen LogP contribution in [0.2, 0.25) is 0 Å². The molecule has 0 amide bonds.